The quantitative estimate of drug-likeness (QED) is 0.769. The summed E-state index contributed by atoms with van der Waals surface area (Å²) in [5, 5.41) is 3.41. The van der Waals surface area contributed by atoms with E-state index in [0.29, 0.717) is 11.5 Å². The van der Waals surface area contributed by atoms with Crippen LogP contribution in [-0.4, -0.2) is 56.5 Å². The lowest BCUT2D eigenvalue weighted by Crippen LogP contribution is -2.50. The molecule has 0 bridgehead atoms. The molecular formula is C11H24N2O2S. The van der Waals surface area contributed by atoms with Gasteiger partial charge in [0.2, 0.25) is 0 Å². The molecule has 0 aromatic carbocycles. The fourth-order valence-corrected chi connectivity index (χ4v) is 4.22. The number of sulfone groups is 1. The van der Waals surface area contributed by atoms with Crippen LogP contribution in [0.4, 0.5) is 0 Å². The Morgan fingerprint density at radius 1 is 1.44 bits per heavy atom. The summed E-state index contributed by atoms with van der Waals surface area (Å²) >= 11 is 0. The van der Waals surface area contributed by atoms with Crippen molar-refractivity contribution < 1.29 is 8.42 Å². The number of hydrogen-bond acceptors (Lipinski definition) is 4. The van der Waals surface area contributed by atoms with Crippen LogP contribution < -0.4 is 5.32 Å². The molecular weight excluding hydrogens is 224 g/mol. The molecule has 1 unspecified atom stereocenters. The Bertz CT molecular complexity index is 325. The number of nitrogens with one attached hydrogen (secondary N) is 1. The monoisotopic (exact) mass is 248 g/mol. The Hall–Kier alpha value is -0.130. The van der Waals surface area contributed by atoms with E-state index in [4.69, 9.17) is 0 Å². The summed E-state index contributed by atoms with van der Waals surface area (Å²) in [5.74, 6) is 0.676. The Balaban J connectivity index is 2.50. The van der Waals surface area contributed by atoms with Crippen LogP contribution in [-0.2, 0) is 9.84 Å². The first-order valence-electron chi connectivity index (χ1n) is 5.91. The van der Waals surface area contributed by atoms with Gasteiger partial charge in [-0.05, 0) is 33.9 Å². The Morgan fingerprint density at radius 2 is 2.06 bits per heavy atom. The average Bonchev–Trinajstić information content (AvgIpc) is 2.45. The molecule has 1 aliphatic heterocycles. The first kappa shape index (κ1) is 13.9. The molecule has 1 saturated heterocycles. The summed E-state index contributed by atoms with van der Waals surface area (Å²) in [7, 11) is -0.752. The van der Waals surface area contributed by atoms with Gasteiger partial charge in [0.15, 0.2) is 9.84 Å². The van der Waals surface area contributed by atoms with Gasteiger partial charge in [-0.3, -0.25) is 0 Å². The van der Waals surface area contributed by atoms with Gasteiger partial charge >= 0.3 is 0 Å². The van der Waals surface area contributed by atoms with Crippen molar-refractivity contribution in [3.8, 4) is 0 Å². The maximum Gasteiger partial charge on any atom is 0.151 e. The minimum atomic E-state index is -2.77. The minimum absolute atomic E-state index is 0.0376. The van der Waals surface area contributed by atoms with E-state index in [-0.39, 0.29) is 11.6 Å². The van der Waals surface area contributed by atoms with E-state index in [1.807, 2.05) is 7.05 Å². The molecule has 0 amide bonds. The van der Waals surface area contributed by atoms with Crippen LogP contribution in [0.1, 0.15) is 27.2 Å². The third-order valence-electron chi connectivity index (χ3n) is 3.13. The second-order valence-electron chi connectivity index (χ2n) is 5.39. The highest BCUT2D eigenvalue weighted by Crippen LogP contribution is 2.18. The molecule has 0 aromatic rings. The first-order chi connectivity index (χ1) is 7.26. The van der Waals surface area contributed by atoms with Crippen molar-refractivity contribution in [3.05, 3.63) is 0 Å². The van der Waals surface area contributed by atoms with Gasteiger partial charge in [0, 0.05) is 18.1 Å². The van der Waals surface area contributed by atoms with E-state index in [1.54, 1.807) is 0 Å². The SMILES string of the molecule is CCNC(C)(C)CN(C)C1CCS(=O)(=O)C1. The number of hydrogen-bond donors (Lipinski definition) is 1. The highest BCUT2D eigenvalue weighted by atomic mass is 32.2. The van der Waals surface area contributed by atoms with E-state index in [1.165, 1.54) is 0 Å². The van der Waals surface area contributed by atoms with E-state index < -0.39 is 9.84 Å². The molecule has 0 spiro atoms. The molecule has 16 heavy (non-hydrogen) atoms. The zero-order valence-corrected chi connectivity index (χ0v) is 11.6. The second-order valence-corrected chi connectivity index (χ2v) is 7.61. The first-order valence-corrected chi connectivity index (χ1v) is 7.73. The summed E-state index contributed by atoms with van der Waals surface area (Å²) in [6, 6.07) is 0.197. The average molecular weight is 248 g/mol. The molecule has 0 saturated carbocycles. The fraction of sp³-hybridized carbons (Fsp3) is 1.00. The van der Waals surface area contributed by atoms with Crippen LogP contribution in [0.3, 0.4) is 0 Å². The normalized spacial score (nSPS) is 25.2. The largest absolute Gasteiger partial charge is 0.311 e. The maximum absolute atomic E-state index is 11.4. The molecule has 1 aliphatic rings. The van der Waals surface area contributed by atoms with Crippen LogP contribution in [0.5, 0.6) is 0 Å². The van der Waals surface area contributed by atoms with Gasteiger partial charge in [-0.25, -0.2) is 8.42 Å². The van der Waals surface area contributed by atoms with Gasteiger partial charge in [0.1, 0.15) is 0 Å². The molecule has 0 aromatic heterocycles. The van der Waals surface area contributed by atoms with Gasteiger partial charge in [-0.15, -0.1) is 0 Å². The van der Waals surface area contributed by atoms with Gasteiger partial charge in [0.05, 0.1) is 11.5 Å². The van der Waals surface area contributed by atoms with Gasteiger partial charge in [0.25, 0.3) is 0 Å². The summed E-state index contributed by atoms with van der Waals surface area (Å²) in [5.41, 5.74) is 0.0376. The lowest BCUT2D eigenvalue weighted by molar-refractivity contribution is 0.194. The molecule has 96 valence electrons. The Kier molecular flexibility index (Phi) is 4.37. The molecule has 4 nitrogen and oxygen atoms in total. The lowest BCUT2D eigenvalue weighted by Gasteiger charge is -2.34. The maximum atomic E-state index is 11.4. The lowest BCUT2D eigenvalue weighted by atomic mass is 10.0. The summed E-state index contributed by atoms with van der Waals surface area (Å²) in [6.07, 6.45) is 0.779. The highest BCUT2D eigenvalue weighted by Gasteiger charge is 2.32. The second kappa shape index (κ2) is 5.02. The van der Waals surface area contributed by atoms with Crippen LogP contribution in [0, 0.1) is 0 Å². The van der Waals surface area contributed by atoms with Crippen molar-refractivity contribution in [1.29, 1.82) is 0 Å². The molecule has 1 N–H and O–H groups in total. The molecule has 1 rings (SSSR count). The van der Waals surface area contributed by atoms with E-state index >= 15 is 0 Å². The Morgan fingerprint density at radius 3 is 2.50 bits per heavy atom. The molecule has 0 radical (unpaired) electrons. The standard InChI is InChI=1S/C11H24N2O2S/c1-5-12-11(2,3)9-13(4)10-6-7-16(14,15)8-10/h10,12H,5-9H2,1-4H3. The molecule has 1 atom stereocenters. The smallest absolute Gasteiger partial charge is 0.151 e. The predicted octanol–water partition coefficient (Wildman–Crippen LogP) is 0.493. The van der Waals surface area contributed by atoms with Crippen LogP contribution in [0.2, 0.25) is 0 Å². The fourth-order valence-electron chi connectivity index (χ4n) is 2.41. The van der Waals surface area contributed by atoms with E-state index in [9.17, 15) is 8.42 Å². The number of likely N-dealkylation sites (N-methyl/N-ethyl adjacent to an activating group) is 2. The molecule has 1 heterocycles. The summed E-state index contributed by atoms with van der Waals surface area (Å²) < 4.78 is 22.8. The highest BCUT2D eigenvalue weighted by molar-refractivity contribution is 7.91. The van der Waals surface area contributed by atoms with Crippen molar-refractivity contribution >= 4 is 9.84 Å². The zero-order valence-electron chi connectivity index (χ0n) is 10.8. The van der Waals surface area contributed by atoms with Crippen LogP contribution >= 0.6 is 0 Å². The van der Waals surface area contributed by atoms with Gasteiger partial charge in [-0.2, -0.15) is 0 Å². The summed E-state index contributed by atoms with van der Waals surface area (Å²) in [4.78, 5) is 2.17. The number of nitrogens with zero attached hydrogens (tertiary/aromatic N) is 1. The van der Waals surface area contributed by atoms with E-state index in [2.05, 4.69) is 31.0 Å². The van der Waals surface area contributed by atoms with Crippen LogP contribution in [0.25, 0.3) is 0 Å². The topological polar surface area (TPSA) is 49.4 Å². The zero-order chi connectivity index (χ0) is 12.4. The molecule has 5 heteroatoms. The van der Waals surface area contributed by atoms with Crippen molar-refractivity contribution in [2.24, 2.45) is 0 Å². The minimum Gasteiger partial charge on any atom is -0.311 e. The van der Waals surface area contributed by atoms with Crippen molar-refractivity contribution in [2.45, 2.75) is 38.8 Å². The third kappa shape index (κ3) is 4.03. The Labute approximate surface area is 99.3 Å². The molecule has 1 fully saturated rings. The van der Waals surface area contributed by atoms with Crippen LogP contribution in [0.15, 0.2) is 0 Å². The number of rotatable bonds is 5. The summed E-state index contributed by atoms with van der Waals surface area (Å²) in [6.45, 7) is 8.19. The van der Waals surface area contributed by atoms with Crippen molar-refractivity contribution in [3.63, 3.8) is 0 Å². The predicted molar refractivity (Wildman–Crippen MR) is 67.4 cm³/mol. The van der Waals surface area contributed by atoms with Crippen molar-refractivity contribution in [1.82, 2.24) is 10.2 Å². The third-order valence-corrected chi connectivity index (χ3v) is 4.88. The molecule has 0 aliphatic carbocycles. The van der Waals surface area contributed by atoms with E-state index in [0.717, 1.165) is 19.5 Å². The van der Waals surface area contributed by atoms with Gasteiger partial charge in [-0.1, -0.05) is 6.92 Å². The van der Waals surface area contributed by atoms with Crippen molar-refractivity contribution in [2.75, 3.05) is 31.6 Å². The van der Waals surface area contributed by atoms with Gasteiger partial charge < -0.3 is 10.2 Å².